The molecular formula is C51H41NS. The molecule has 3 aliphatic carbocycles. The zero-order valence-electron chi connectivity index (χ0n) is 30.2. The van der Waals surface area contributed by atoms with Gasteiger partial charge in [0.05, 0.1) is 0 Å². The van der Waals surface area contributed by atoms with Gasteiger partial charge in [0.25, 0.3) is 0 Å². The second-order valence-corrected chi connectivity index (χ2v) is 16.3. The van der Waals surface area contributed by atoms with E-state index in [2.05, 4.69) is 195 Å². The van der Waals surface area contributed by atoms with Crippen LogP contribution in [0.25, 0.3) is 36.9 Å². The van der Waals surface area contributed by atoms with Crippen LogP contribution in [-0.4, -0.2) is 0 Å². The summed E-state index contributed by atoms with van der Waals surface area (Å²) in [6.07, 6.45) is 13.9. The number of hydrogen-bond donors (Lipinski definition) is 0. The Morgan fingerprint density at radius 2 is 1.21 bits per heavy atom. The lowest BCUT2D eigenvalue weighted by Crippen LogP contribution is -2.19. The molecule has 2 heteroatoms. The van der Waals surface area contributed by atoms with Crippen LogP contribution < -0.4 is 4.90 Å². The Bertz CT molecular complexity index is 2590. The Morgan fingerprint density at radius 3 is 1.92 bits per heavy atom. The number of nitrogens with zero attached hydrogens (tertiary/aromatic N) is 1. The summed E-state index contributed by atoms with van der Waals surface area (Å²) in [5.41, 5.74) is 14.8. The first-order valence-electron chi connectivity index (χ1n) is 18.9. The van der Waals surface area contributed by atoms with Crippen molar-refractivity contribution in [3.8, 4) is 11.1 Å². The Morgan fingerprint density at radius 1 is 0.585 bits per heavy atom. The average Bonchev–Trinajstić information content (AvgIpc) is 3.69. The minimum atomic E-state index is 0.0753. The zero-order valence-corrected chi connectivity index (χ0v) is 31.0. The van der Waals surface area contributed by atoms with Crippen LogP contribution in [0.1, 0.15) is 60.8 Å². The van der Waals surface area contributed by atoms with Crippen molar-refractivity contribution in [1.82, 2.24) is 0 Å². The molecule has 10 rings (SSSR count). The molecule has 0 saturated heterocycles. The third-order valence-electron chi connectivity index (χ3n) is 11.9. The molecule has 1 heterocycles. The van der Waals surface area contributed by atoms with Crippen molar-refractivity contribution in [2.45, 2.75) is 43.9 Å². The van der Waals surface area contributed by atoms with Crippen LogP contribution in [0.2, 0.25) is 0 Å². The lowest BCUT2D eigenvalue weighted by Gasteiger charge is -2.29. The van der Waals surface area contributed by atoms with Crippen molar-refractivity contribution < 1.29 is 0 Å². The molecule has 3 aliphatic rings. The number of para-hydroxylation sites is 2. The molecule has 0 N–H and O–H groups in total. The van der Waals surface area contributed by atoms with Crippen LogP contribution in [0.5, 0.6) is 0 Å². The topological polar surface area (TPSA) is 3.24 Å². The van der Waals surface area contributed by atoms with Crippen molar-refractivity contribution in [3.05, 3.63) is 209 Å². The maximum atomic E-state index is 2.46. The summed E-state index contributed by atoms with van der Waals surface area (Å²) in [6, 6.07) is 53.7. The second kappa shape index (κ2) is 12.8. The highest BCUT2D eigenvalue weighted by atomic mass is 32.1. The number of thiophene rings is 1. The summed E-state index contributed by atoms with van der Waals surface area (Å²) >= 11 is 1.93. The number of anilines is 2. The monoisotopic (exact) mass is 699 g/mol. The summed E-state index contributed by atoms with van der Waals surface area (Å²) in [5.74, 6) is 0.760. The molecule has 6 aromatic carbocycles. The predicted octanol–water partition coefficient (Wildman–Crippen LogP) is 14.3. The number of hydrogen-bond acceptors (Lipinski definition) is 2. The number of allylic oxidation sites excluding steroid dienone is 7. The van der Waals surface area contributed by atoms with Crippen molar-refractivity contribution in [2.75, 3.05) is 4.90 Å². The fourth-order valence-corrected chi connectivity index (χ4v) is 10.2. The lowest BCUT2D eigenvalue weighted by molar-refractivity contribution is 0.591. The second-order valence-electron chi connectivity index (χ2n) is 15.3. The third kappa shape index (κ3) is 5.52. The van der Waals surface area contributed by atoms with Gasteiger partial charge in [-0.2, -0.15) is 0 Å². The van der Waals surface area contributed by atoms with E-state index in [4.69, 9.17) is 0 Å². The molecule has 0 spiro atoms. The Labute approximate surface area is 316 Å². The van der Waals surface area contributed by atoms with E-state index in [1.807, 2.05) is 11.3 Å². The summed E-state index contributed by atoms with van der Waals surface area (Å²) in [5, 5.41) is 2.71. The number of benzene rings is 6. The summed E-state index contributed by atoms with van der Waals surface area (Å²) in [6.45, 7) is 4.80. The standard InChI is InChI=1S/C51H41NS/c1-51(2)47-16-10-9-15-43(47)44-28-23-37(31-48(44)51)39-25-30-46-45-29-24-38(32-49(45)53-50(46)33-39)36-19-17-34(18-20-36)35-21-26-42(27-22-35)52(40-11-5-3-6-12-40)41-13-7-4-8-14-41/h3-21,23-30,32-33,35,37H,22,31H2,1-2H3. The lowest BCUT2D eigenvalue weighted by atomic mass is 9.75. The number of fused-ring (bicyclic) bond motifs is 5. The first kappa shape index (κ1) is 32.0. The van der Waals surface area contributed by atoms with Crippen LogP contribution >= 0.6 is 11.3 Å². The van der Waals surface area contributed by atoms with Gasteiger partial charge < -0.3 is 4.90 Å². The van der Waals surface area contributed by atoms with Crippen LogP contribution in [0.15, 0.2) is 187 Å². The minimum Gasteiger partial charge on any atom is -0.311 e. The molecule has 0 bridgehead atoms. The van der Waals surface area contributed by atoms with Crippen LogP contribution in [0.3, 0.4) is 0 Å². The zero-order chi connectivity index (χ0) is 35.5. The van der Waals surface area contributed by atoms with Gasteiger partial charge in [-0.3, -0.25) is 0 Å². The van der Waals surface area contributed by atoms with Crippen LogP contribution in [0, 0.1) is 0 Å². The molecule has 7 aromatic rings. The van der Waals surface area contributed by atoms with E-state index in [-0.39, 0.29) is 5.41 Å². The van der Waals surface area contributed by atoms with Gasteiger partial charge in [-0.05, 0) is 94.3 Å². The van der Waals surface area contributed by atoms with E-state index >= 15 is 0 Å². The molecule has 1 aromatic heterocycles. The summed E-state index contributed by atoms with van der Waals surface area (Å²) < 4.78 is 2.73. The fraction of sp³-hybridized carbons (Fsp3) is 0.137. The summed E-state index contributed by atoms with van der Waals surface area (Å²) in [4.78, 5) is 2.34. The van der Waals surface area contributed by atoms with Gasteiger partial charge in [0.1, 0.15) is 0 Å². The maximum Gasteiger partial charge on any atom is 0.0461 e. The van der Waals surface area contributed by atoms with E-state index in [1.54, 1.807) is 5.57 Å². The van der Waals surface area contributed by atoms with Gasteiger partial charge in [-0.1, -0.05) is 153 Å². The molecule has 0 fully saturated rings. The highest BCUT2D eigenvalue weighted by molar-refractivity contribution is 7.25. The van der Waals surface area contributed by atoms with E-state index in [0.29, 0.717) is 11.8 Å². The molecule has 0 amide bonds. The van der Waals surface area contributed by atoms with Crippen molar-refractivity contribution in [1.29, 1.82) is 0 Å². The molecule has 2 atom stereocenters. The largest absolute Gasteiger partial charge is 0.311 e. The molecule has 1 nitrogen and oxygen atoms in total. The van der Waals surface area contributed by atoms with Gasteiger partial charge in [0.2, 0.25) is 0 Å². The van der Waals surface area contributed by atoms with E-state index in [0.717, 1.165) is 12.8 Å². The predicted molar refractivity (Wildman–Crippen MR) is 227 cm³/mol. The molecule has 2 unspecified atom stereocenters. The number of rotatable bonds is 6. The van der Waals surface area contributed by atoms with Crippen LogP contribution in [0.4, 0.5) is 11.4 Å². The van der Waals surface area contributed by atoms with Gasteiger partial charge in [0.15, 0.2) is 0 Å². The minimum absolute atomic E-state index is 0.0753. The molecule has 0 radical (unpaired) electrons. The van der Waals surface area contributed by atoms with Crippen molar-refractivity contribution in [3.63, 3.8) is 0 Å². The van der Waals surface area contributed by atoms with E-state index in [1.165, 1.54) is 76.2 Å². The first-order chi connectivity index (χ1) is 26.0. The highest BCUT2D eigenvalue weighted by Crippen LogP contribution is 2.52. The van der Waals surface area contributed by atoms with E-state index < -0.39 is 0 Å². The first-order valence-corrected chi connectivity index (χ1v) is 19.7. The van der Waals surface area contributed by atoms with Gasteiger partial charge in [0, 0.05) is 54.5 Å². The van der Waals surface area contributed by atoms with Gasteiger partial charge in [-0.25, -0.2) is 0 Å². The Balaban J connectivity index is 0.870. The van der Waals surface area contributed by atoms with Gasteiger partial charge >= 0.3 is 0 Å². The smallest absolute Gasteiger partial charge is 0.0461 e. The van der Waals surface area contributed by atoms with Crippen molar-refractivity contribution in [2.24, 2.45) is 0 Å². The normalized spacial score (nSPS) is 18.6. The van der Waals surface area contributed by atoms with Crippen molar-refractivity contribution >= 4 is 48.5 Å². The van der Waals surface area contributed by atoms with E-state index in [9.17, 15) is 0 Å². The average molecular weight is 700 g/mol. The van der Waals surface area contributed by atoms with Crippen LogP contribution in [-0.2, 0) is 5.41 Å². The Kier molecular flexibility index (Phi) is 7.70. The summed E-state index contributed by atoms with van der Waals surface area (Å²) in [7, 11) is 0. The fourth-order valence-electron chi connectivity index (χ4n) is 8.96. The SMILES string of the molecule is CC1(C)C2=C(C=CC(c3ccc4c(c3)sc3cc(-c5ccc(C6C=CC(N(c7ccccc7)c7ccccc7)=CC6)cc5)ccc34)C2)c2ccccc21. The molecule has 53 heavy (non-hydrogen) atoms. The molecular weight excluding hydrogens is 659 g/mol. The highest BCUT2D eigenvalue weighted by Gasteiger charge is 2.38. The molecule has 0 aliphatic heterocycles. The van der Waals surface area contributed by atoms with Gasteiger partial charge in [-0.15, -0.1) is 11.3 Å². The molecule has 256 valence electrons. The Hall–Kier alpha value is -5.70. The molecule has 0 saturated carbocycles. The maximum absolute atomic E-state index is 2.46. The third-order valence-corrected chi connectivity index (χ3v) is 13.0. The quantitative estimate of drug-likeness (QED) is 0.167.